The summed E-state index contributed by atoms with van der Waals surface area (Å²) in [4.78, 5) is 13.1. The normalized spacial score (nSPS) is 16.2. The summed E-state index contributed by atoms with van der Waals surface area (Å²) < 4.78 is 64.4. The standard InChI is InChI=1S/C15H20F3N3O3S.ClH/c1-19-12-5-7-21(8-6-12)14(22)10-20-25(23,24)13-4-2-3-11(9-13)15(16,17)18;/h2-4,9,12,19-20H,5-8,10H2,1H3;1H. The number of hydrogen-bond donors (Lipinski definition) is 2. The Morgan fingerprint density at radius 1 is 1.27 bits per heavy atom. The number of carbonyl (C=O) groups excluding carboxylic acids is 1. The molecular formula is C15H21ClF3N3O3S. The maximum atomic E-state index is 12.7. The van der Waals surface area contributed by atoms with Crippen molar-refractivity contribution in [3.63, 3.8) is 0 Å². The van der Waals surface area contributed by atoms with Crippen LogP contribution >= 0.6 is 12.4 Å². The largest absolute Gasteiger partial charge is 0.416 e. The third kappa shape index (κ3) is 5.83. The van der Waals surface area contributed by atoms with E-state index in [9.17, 15) is 26.4 Å². The molecule has 1 aliphatic rings. The lowest BCUT2D eigenvalue weighted by Gasteiger charge is -2.31. The van der Waals surface area contributed by atoms with Gasteiger partial charge in [0.05, 0.1) is 17.0 Å². The Balaban J connectivity index is 0.00000338. The summed E-state index contributed by atoms with van der Waals surface area (Å²) in [5.41, 5.74) is -1.06. The van der Waals surface area contributed by atoms with E-state index < -0.39 is 39.1 Å². The molecule has 1 aromatic rings. The van der Waals surface area contributed by atoms with Crippen LogP contribution in [0.3, 0.4) is 0 Å². The molecule has 0 bridgehead atoms. The molecule has 6 nitrogen and oxygen atoms in total. The first-order valence-corrected chi connectivity index (χ1v) is 9.24. The zero-order valence-corrected chi connectivity index (χ0v) is 15.7. The van der Waals surface area contributed by atoms with Gasteiger partial charge in [-0.15, -0.1) is 12.4 Å². The number of halogens is 4. The lowest BCUT2D eigenvalue weighted by atomic mass is 10.1. The van der Waals surface area contributed by atoms with Crippen LogP contribution in [0.5, 0.6) is 0 Å². The van der Waals surface area contributed by atoms with Gasteiger partial charge in [0.15, 0.2) is 0 Å². The molecule has 0 aliphatic carbocycles. The second-order valence-electron chi connectivity index (χ2n) is 5.79. The van der Waals surface area contributed by atoms with Crippen molar-refractivity contribution in [3.8, 4) is 0 Å². The molecule has 0 spiro atoms. The van der Waals surface area contributed by atoms with Crippen LogP contribution in [0.4, 0.5) is 13.2 Å². The molecule has 2 N–H and O–H groups in total. The fourth-order valence-corrected chi connectivity index (χ4v) is 3.63. The minimum Gasteiger partial charge on any atom is -0.341 e. The van der Waals surface area contributed by atoms with Crippen LogP contribution in [-0.4, -0.2) is 51.9 Å². The summed E-state index contributed by atoms with van der Waals surface area (Å²) in [6.07, 6.45) is -3.11. The van der Waals surface area contributed by atoms with E-state index in [4.69, 9.17) is 0 Å². The van der Waals surface area contributed by atoms with E-state index in [-0.39, 0.29) is 12.4 Å². The Kier molecular flexibility index (Phi) is 7.87. The summed E-state index contributed by atoms with van der Waals surface area (Å²) in [6, 6.07) is 3.73. The first kappa shape index (κ1) is 22.7. The number of likely N-dealkylation sites (tertiary alicyclic amines) is 1. The second kappa shape index (κ2) is 9.03. The zero-order valence-electron chi connectivity index (χ0n) is 14.0. The van der Waals surface area contributed by atoms with Crippen LogP contribution in [0.2, 0.25) is 0 Å². The van der Waals surface area contributed by atoms with Crippen LogP contribution in [0.1, 0.15) is 18.4 Å². The zero-order chi connectivity index (χ0) is 18.7. The van der Waals surface area contributed by atoms with Crippen LogP contribution in [-0.2, 0) is 21.0 Å². The number of alkyl halides is 3. The number of rotatable bonds is 5. The fourth-order valence-electron chi connectivity index (χ4n) is 2.61. The van der Waals surface area contributed by atoms with Crippen molar-refractivity contribution >= 4 is 28.3 Å². The van der Waals surface area contributed by atoms with E-state index in [2.05, 4.69) is 10.0 Å². The molecule has 1 heterocycles. The third-order valence-corrected chi connectivity index (χ3v) is 5.54. The molecular weight excluding hydrogens is 395 g/mol. The van der Waals surface area contributed by atoms with E-state index >= 15 is 0 Å². The molecule has 1 aliphatic heterocycles. The summed E-state index contributed by atoms with van der Waals surface area (Å²) in [5.74, 6) is -0.398. The Morgan fingerprint density at radius 2 is 1.88 bits per heavy atom. The van der Waals surface area contributed by atoms with Gasteiger partial charge in [-0.05, 0) is 38.1 Å². The number of sulfonamides is 1. The van der Waals surface area contributed by atoms with Gasteiger partial charge >= 0.3 is 6.18 Å². The number of amides is 1. The highest BCUT2D eigenvalue weighted by Gasteiger charge is 2.32. The molecule has 1 aromatic carbocycles. The van der Waals surface area contributed by atoms with Gasteiger partial charge in [0.2, 0.25) is 15.9 Å². The van der Waals surface area contributed by atoms with Gasteiger partial charge in [0.25, 0.3) is 0 Å². The van der Waals surface area contributed by atoms with Gasteiger partial charge in [0, 0.05) is 19.1 Å². The minimum absolute atomic E-state index is 0. The lowest BCUT2D eigenvalue weighted by Crippen LogP contribution is -2.47. The Morgan fingerprint density at radius 3 is 2.42 bits per heavy atom. The topological polar surface area (TPSA) is 78.5 Å². The maximum absolute atomic E-state index is 12.7. The molecule has 26 heavy (non-hydrogen) atoms. The van der Waals surface area contributed by atoms with Gasteiger partial charge in [0.1, 0.15) is 0 Å². The average molecular weight is 416 g/mol. The van der Waals surface area contributed by atoms with Crippen LogP contribution in [0, 0.1) is 0 Å². The van der Waals surface area contributed by atoms with E-state index in [0.29, 0.717) is 25.2 Å². The summed E-state index contributed by atoms with van der Waals surface area (Å²) in [7, 11) is -2.36. The van der Waals surface area contributed by atoms with Crippen LogP contribution in [0.15, 0.2) is 29.2 Å². The molecule has 11 heteroatoms. The highest BCUT2D eigenvalue weighted by Crippen LogP contribution is 2.30. The predicted octanol–water partition coefficient (Wildman–Crippen LogP) is 1.62. The minimum atomic E-state index is -4.64. The number of hydrogen-bond acceptors (Lipinski definition) is 4. The number of carbonyl (C=O) groups is 1. The van der Waals surface area contributed by atoms with Crippen LogP contribution < -0.4 is 10.0 Å². The first-order chi connectivity index (χ1) is 11.6. The molecule has 0 atom stereocenters. The smallest absolute Gasteiger partial charge is 0.341 e. The first-order valence-electron chi connectivity index (χ1n) is 7.75. The van der Waals surface area contributed by atoms with E-state index in [1.54, 1.807) is 4.90 Å². The number of benzene rings is 1. The molecule has 1 fully saturated rings. The highest BCUT2D eigenvalue weighted by atomic mass is 35.5. The van der Waals surface area contributed by atoms with Crippen molar-refractivity contribution < 1.29 is 26.4 Å². The van der Waals surface area contributed by atoms with Crippen molar-refractivity contribution in [2.24, 2.45) is 0 Å². The molecule has 1 amide bonds. The molecule has 0 aromatic heterocycles. The van der Waals surface area contributed by atoms with Crippen LogP contribution in [0.25, 0.3) is 0 Å². The van der Waals surface area contributed by atoms with Crippen molar-refractivity contribution in [1.29, 1.82) is 0 Å². The molecule has 0 saturated carbocycles. The van der Waals surface area contributed by atoms with Crippen molar-refractivity contribution in [2.45, 2.75) is 30.0 Å². The van der Waals surface area contributed by atoms with Gasteiger partial charge in [-0.1, -0.05) is 6.07 Å². The lowest BCUT2D eigenvalue weighted by molar-refractivity contribution is -0.137. The fraction of sp³-hybridized carbons (Fsp3) is 0.533. The second-order valence-corrected chi connectivity index (χ2v) is 7.56. The Hall–Kier alpha value is -1.36. The highest BCUT2D eigenvalue weighted by molar-refractivity contribution is 7.89. The van der Waals surface area contributed by atoms with Crippen molar-refractivity contribution in [2.75, 3.05) is 26.7 Å². The number of nitrogens with one attached hydrogen (secondary N) is 2. The van der Waals surface area contributed by atoms with Gasteiger partial charge in [-0.3, -0.25) is 4.79 Å². The van der Waals surface area contributed by atoms with E-state index in [1.165, 1.54) is 0 Å². The van der Waals surface area contributed by atoms with E-state index in [0.717, 1.165) is 31.0 Å². The SMILES string of the molecule is CNC1CCN(C(=O)CNS(=O)(=O)c2cccc(C(F)(F)F)c2)CC1.Cl. The average Bonchev–Trinajstić information content (AvgIpc) is 2.59. The summed E-state index contributed by atoms with van der Waals surface area (Å²) >= 11 is 0. The maximum Gasteiger partial charge on any atom is 0.416 e. The molecule has 0 radical (unpaired) electrons. The predicted molar refractivity (Wildman–Crippen MR) is 92.5 cm³/mol. The molecule has 0 unspecified atom stereocenters. The van der Waals surface area contributed by atoms with Gasteiger partial charge in [-0.2, -0.15) is 13.2 Å². The molecule has 148 valence electrons. The third-order valence-electron chi connectivity index (χ3n) is 4.14. The van der Waals surface area contributed by atoms with Crippen molar-refractivity contribution in [1.82, 2.24) is 14.9 Å². The summed E-state index contributed by atoms with van der Waals surface area (Å²) in [6.45, 7) is 0.536. The van der Waals surface area contributed by atoms with Gasteiger partial charge < -0.3 is 10.2 Å². The number of nitrogens with zero attached hydrogens (tertiary/aromatic N) is 1. The Bertz CT molecular complexity index is 720. The Labute approximate surface area is 156 Å². The van der Waals surface area contributed by atoms with Crippen molar-refractivity contribution in [3.05, 3.63) is 29.8 Å². The summed E-state index contributed by atoms with van der Waals surface area (Å²) in [5, 5.41) is 3.12. The quantitative estimate of drug-likeness (QED) is 0.766. The monoisotopic (exact) mass is 415 g/mol. The molecule has 2 rings (SSSR count). The number of piperidine rings is 1. The molecule has 1 saturated heterocycles. The van der Waals surface area contributed by atoms with E-state index in [1.807, 2.05) is 7.05 Å². The van der Waals surface area contributed by atoms with Gasteiger partial charge in [-0.25, -0.2) is 13.1 Å².